The molecule has 0 spiro atoms. The quantitative estimate of drug-likeness (QED) is 0.538. The van der Waals surface area contributed by atoms with Crippen molar-refractivity contribution in [2.75, 3.05) is 0 Å². The third kappa shape index (κ3) is 2.99. The number of nitrogens with zero attached hydrogens (tertiary/aromatic N) is 2. The lowest BCUT2D eigenvalue weighted by molar-refractivity contribution is -0.144. The van der Waals surface area contributed by atoms with Crippen molar-refractivity contribution in [3.05, 3.63) is 84.3 Å². The van der Waals surface area contributed by atoms with Gasteiger partial charge in [-0.2, -0.15) is 0 Å². The van der Waals surface area contributed by atoms with Gasteiger partial charge in [0.15, 0.2) is 0 Å². The molecule has 24 heavy (non-hydrogen) atoms. The van der Waals surface area contributed by atoms with E-state index < -0.39 is 0 Å². The van der Waals surface area contributed by atoms with Crippen molar-refractivity contribution in [3.8, 4) is 0 Å². The maximum Gasteiger partial charge on any atom is 0.310 e. The molecule has 4 rings (SSSR count). The zero-order valence-electron chi connectivity index (χ0n) is 13.1. The van der Waals surface area contributed by atoms with E-state index in [1.54, 1.807) is 0 Å². The van der Waals surface area contributed by atoms with E-state index in [0.717, 1.165) is 22.3 Å². The van der Waals surface area contributed by atoms with Crippen LogP contribution >= 0.6 is 0 Å². The van der Waals surface area contributed by atoms with Gasteiger partial charge in [-0.3, -0.25) is 4.79 Å². The van der Waals surface area contributed by atoms with Crippen LogP contribution in [-0.2, 0) is 22.6 Å². The Morgan fingerprint density at radius 1 is 1.00 bits per heavy atom. The van der Waals surface area contributed by atoms with E-state index in [1.165, 1.54) is 5.39 Å². The first-order valence-electron chi connectivity index (χ1n) is 7.84. The molecule has 2 aromatic carbocycles. The topological polar surface area (TPSA) is 43.6 Å². The van der Waals surface area contributed by atoms with Gasteiger partial charge in [0, 0.05) is 12.4 Å². The van der Waals surface area contributed by atoms with Crippen molar-refractivity contribution in [2.45, 2.75) is 13.0 Å². The summed E-state index contributed by atoms with van der Waals surface area (Å²) < 4.78 is 7.27. The molecule has 0 saturated carbocycles. The molecular weight excluding hydrogens is 300 g/mol. The van der Waals surface area contributed by atoms with Crippen molar-refractivity contribution >= 4 is 22.4 Å². The first kappa shape index (κ1) is 14.5. The number of carbonyl (C=O) groups excluding carboxylic acids is 1. The van der Waals surface area contributed by atoms with Crippen LogP contribution in [0.25, 0.3) is 16.4 Å². The standard InChI is InChI=1S/C20H16N2O2/c23-20(12-15-8-9-16-5-1-2-6-17(16)11-15)24-14-18-13-22-10-4-3-7-19(22)21-18/h1-11,13H,12,14H2. The summed E-state index contributed by atoms with van der Waals surface area (Å²) in [4.78, 5) is 16.5. The molecule has 0 fully saturated rings. The molecule has 0 saturated heterocycles. The van der Waals surface area contributed by atoms with Gasteiger partial charge in [-0.1, -0.05) is 48.5 Å². The highest BCUT2D eigenvalue weighted by molar-refractivity contribution is 5.84. The fourth-order valence-corrected chi connectivity index (χ4v) is 2.78. The molecule has 0 bridgehead atoms. The smallest absolute Gasteiger partial charge is 0.310 e. The normalized spacial score (nSPS) is 11.0. The van der Waals surface area contributed by atoms with Crippen LogP contribution in [0.1, 0.15) is 11.3 Å². The molecule has 0 amide bonds. The second-order valence-electron chi connectivity index (χ2n) is 5.72. The second kappa shape index (κ2) is 6.16. The monoisotopic (exact) mass is 316 g/mol. The Morgan fingerprint density at radius 2 is 1.83 bits per heavy atom. The summed E-state index contributed by atoms with van der Waals surface area (Å²) in [5.41, 5.74) is 2.54. The minimum Gasteiger partial charge on any atom is -0.459 e. The Balaban J connectivity index is 1.42. The Morgan fingerprint density at radius 3 is 2.71 bits per heavy atom. The van der Waals surface area contributed by atoms with Gasteiger partial charge in [-0.15, -0.1) is 0 Å². The first-order chi connectivity index (χ1) is 11.8. The van der Waals surface area contributed by atoms with Crippen molar-refractivity contribution in [1.29, 1.82) is 0 Å². The van der Waals surface area contributed by atoms with Crippen LogP contribution in [0.4, 0.5) is 0 Å². The third-order valence-electron chi connectivity index (χ3n) is 3.96. The lowest BCUT2D eigenvalue weighted by Gasteiger charge is -2.04. The van der Waals surface area contributed by atoms with Crippen LogP contribution in [0.3, 0.4) is 0 Å². The third-order valence-corrected chi connectivity index (χ3v) is 3.96. The second-order valence-corrected chi connectivity index (χ2v) is 5.72. The van der Waals surface area contributed by atoms with E-state index >= 15 is 0 Å². The summed E-state index contributed by atoms with van der Waals surface area (Å²) in [6, 6.07) is 19.9. The number of hydrogen-bond donors (Lipinski definition) is 0. The first-order valence-corrected chi connectivity index (χ1v) is 7.84. The molecule has 0 aliphatic carbocycles. The van der Waals surface area contributed by atoms with E-state index in [4.69, 9.17) is 4.74 Å². The molecule has 4 nitrogen and oxygen atoms in total. The van der Waals surface area contributed by atoms with Crippen molar-refractivity contribution in [3.63, 3.8) is 0 Å². The number of rotatable bonds is 4. The van der Waals surface area contributed by atoms with E-state index in [2.05, 4.69) is 11.1 Å². The van der Waals surface area contributed by atoms with Gasteiger partial charge < -0.3 is 9.14 Å². The number of carbonyl (C=O) groups is 1. The number of ether oxygens (including phenoxy) is 1. The summed E-state index contributed by atoms with van der Waals surface area (Å²) >= 11 is 0. The molecule has 0 aliphatic rings. The summed E-state index contributed by atoms with van der Waals surface area (Å²) in [6.07, 6.45) is 4.06. The summed E-state index contributed by atoms with van der Waals surface area (Å²) in [5, 5.41) is 2.29. The van der Waals surface area contributed by atoms with Crippen LogP contribution in [-0.4, -0.2) is 15.4 Å². The molecule has 0 N–H and O–H groups in total. The average Bonchev–Trinajstić information content (AvgIpc) is 3.03. The lowest BCUT2D eigenvalue weighted by Crippen LogP contribution is -2.08. The van der Waals surface area contributed by atoms with Crippen molar-refractivity contribution < 1.29 is 9.53 Å². The van der Waals surface area contributed by atoms with Gasteiger partial charge in [-0.25, -0.2) is 4.98 Å². The van der Waals surface area contributed by atoms with Crippen LogP contribution in [0, 0.1) is 0 Å². The molecule has 0 aliphatic heterocycles. The zero-order chi connectivity index (χ0) is 16.4. The summed E-state index contributed by atoms with van der Waals surface area (Å²) in [7, 11) is 0. The maximum atomic E-state index is 12.1. The minimum atomic E-state index is -0.248. The maximum absolute atomic E-state index is 12.1. The molecule has 0 unspecified atom stereocenters. The summed E-state index contributed by atoms with van der Waals surface area (Å²) in [6.45, 7) is 0.189. The number of esters is 1. The molecular formula is C20H16N2O2. The Labute approximate surface area is 139 Å². The fraction of sp³-hybridized carbons (Fsp3) is 0.100. The van der Waals surface area contributed by atoms with Gasteiger partial charge in [0.1, 0.15) is 12.3 Å². The van der Waals surface area contributed by atoms with Crippen LogP contribution in [0.15, 0.2) is 73.1 Å². The molecule has 4 aromatic rings. The molecule has 2 aromatic heterocycles. The Hall–Kier alpha value is -3.14. The summed E-state index contributed by atoms with van der Waals surface area (Å²) in [5.74, 6) is -0.248. The van der Waals surface area contributed by atoms with Crippen LogP contribution < -0.4 is 0 Å². The Kier molecular flexibility index (Phi) is 3.71. The van der Waals surface area contributed by atoms with Gasteiger partial charge in [0.25, 0.3) is 0 Å². The number of fused-ring (bicyclic) bond motifs is 2. The molecule has 4 heteroatoms. The van der Waals surface area contributed by atoms with Crippen LogP contribution in [0.5, 0.6) is 0 Å². The van der Waals surface area contributed by atoms with Crippen molar-refractivity contribution in [1.82, 2.24) is 9.38 Å². The molecule has 0 atom stereocenters. The highest BCUT2D eigenvalue weighted by Crippen LogP contribution is 2.16. The number of hydrogen-bond acceptors (Lipinski definition) is 3. The van der Waals surface area contributed by atoms with Crippen LogP contribution in [0.2, 0.25) is 0 Å². The highest BCUT2D eigenvalue weighted by atomic mass is 16.5. The van der Waals surface area contributed by atoms with E-state index in [-0.39, 0.29) is 19.0 Å². The number of imidazole rings is 1. The predicted molar refractivity (Wildman–Crippen MR) is 92.6 cm³/mol. The van der Waals surface area contributed by atoms with Gasteiger partial charge in [-0.05, 0) is 28.5 Å². The van der Waals surface area contributed by atoms with E-state index in [0.29, 0.717) is 0 Å². The highest BCUT2D eigenvalue weighted by Gasteiger charge is 2.08. The number of pyridine rings is 1. The van der Waals surface area contributed by atoms with E-state index in [1.807, 2.05) is 71.4 Å². The predicted octanol–water partition coefficient (Wildman–Crippen LogP) is 3.77. The van der Waals surface area contributed by atoms with Gasteiger partial charge in [0.2, 0.25) is 0 Å². The Bertz CT molecular complexity index is 987. The van der Waals surface area contributed by atoms with Crippen molar-refractivity contribution in [2.24, 2.45) is 0 Å². The molecule has 2 heterocycles. The number of benzene rings is 2. The van der Waals surface area contributed by atoms with Gasteiger partial charge >= 0.3 is 5.97 Å². The van der Waals surface area contributed by atoms with E-state index in [9.17, 15) is 4.79 Å². The van der Waals surface area contributed by atoms with Gasteiger partial charge in [0.05, 0.1) is 12.1 Å². The lowest BCUT2D eigenvalue weighted by atomic mass is 10.1. The number of aromatic nitrogens is 2. The SMILES string of the molecule is O=C(Cc1ccc2ccccc2c1)OCc1cn2ccccc2n1. The molecule has 0 radical (unpaired) electrons. The average molecular weight is 316 g/mol. The fourth-order valence-electron chi connectivity index (χ4n) is 2.78. The molecule has 118 valence electrons. The minimum absolute atomic E-state index is 0.189. The largest absolute Gasteiger partial charge is 0.459 e. The zero-order valence-corrected chi connectivity index (χ0v) is 13.1.